The van der Waals surface area contributed by atoms with Crippen LogP contribution in [0, 0.1) is 0 Å². The fourth-order valence-electron chi connectivity index (χ4n) is 3.73. The van der Waals surface area contributed by atoms with Crippen LogP contribution in [0.5, 0.6) is 0 Å². The number of rotatable bonds is 6. The molecule has 6 heteroatoms. The van der Waals surface area contributed by atoms with Gasteiger partial charge in [0.2, 0.25) is 5.91 Å². The highest BCUT2D eigenvalue weighted by Gasteiger charge is 2.23. The van der Waals surface area contributed by atoms with Gasteiger partial charge in [0.05, 0.1) is 23.2 Å². The van der Waals surface area contributed by atoms with Gasteiger partial charge in [-0.25, -0.2) is 4.98 Å². The zero-order valence-electron chi connectivity index (χ0n) is 15.1. The number of nitrogens with zero attached hydrogens (tertiary/aromatic N) is 3. The topological polar surface area (TPSA) is 49.6 Å². The molecule has 0 bridgehead atoms. The fraction of sp³-hybridized carbons (Fsp3) is 0.333. The summed E-state index contributed by atoms with van der Waals surface area (Å²) in [5.41, 5.74) is 2.79. The predicted molar refractivity (Wildman–Crippen MR) is 107 cm³/mol. The van der Waals surface area contributed by atoms with Gasteiger partial charge in [-0.05, 0) is 43.6 Å². The van der Waals surface area contributed by atoms with Gasteiger partial charge in [-0.15, -0.1) is 0 Å². The van der Waals surface area contributed by atoms with Crippen LogP contribution in [0.25, 0.3) is 5.65 Å². The molecule has 1 fully saturated rings. The van der Waals surface area contributed by atoms with Crippen LogP contribution in [0.2, 0.25) is 5.02 Å². The first-order chi connectivity index (χ1) is 13.2. The second-order valence-corrected chi connectivity index (χ2v) is 7.43. The predicted octanol–water partition coefficient (Wildman–Crippen LogP) is 3.48. The lowest BCUT2D eigenvalue weighted by atomic mass is 10.1. The van der Waals surface area contributed by atoms with Gasteiger partial charge in [0.15, 0.2) is 0 Å². The number of benzene rings is 1. The second kappa shape index (κ2) is 8.11. The number of nitrogens with one attached hydrogen (secondary N) is 1. The van der Waals surface area contributed by atoms with Crippen LogP contribution in [-0.4, -0.2) is 39.8 Å². The lowest BCUT2D eigenvalue weighted by Crippen LogP contribution is -2.37. The Hall–Kier alpha value is -2.37. The van der Waals surface area contributed by atoms with Crippen molar-refractivity contribution in [1.82, 2.24) is 19.6 Å². The molecular formula is C21H23ClN4O. The quantitative estimate of drug-likeness (QED) is 0.710. The number of aromatic nitrogens is 2. The van der Waals surface area contributed by atoms with Crippen molar-refractivity contribution in [3.63, 3.8) is 0 Å². The van der Waals surface area contributed by atoms with Crippen LogP contribution in [0.4, 0.5) is 0 Å². The van der Waals surface area contributed by atoms with Gasteiger partial charge in [0, 0.05) is 18.9 Å². The highest BCUT2D eigenvalue weighted by molar-refractivity contribution is 6.30. The average Bonchev–Trinajstić information content (AvgIpc) is 3.32. The molecule has 1 atom stereocenters. The normalized spacial score (nSPS) is 15.9. The van der Waals surface area contributed by atoms with E-state index in [1.54, 1.807) is 12.3 Å². The summed E-state index contributed by atoms with van der Waals surface area (Å²) >= 11 is 6.01. The van der Waals surface area contributed by atoms with Gasteiger partial charge in [-0.2, -0.15) is 0 Å². The third-order valence-electron chi connectivity index (χ3n) is 5.06. The van der Waals surface area contributed by atoms with Gasteiger partial charge in [-0.3, -0.25) is 9.69 Å². The van der Waals surface area contributed by atoms with Crippen molar-refractivity contribution in [3.8, 4) is 0 Å². The van der Waals surface area contributed by atoms with Gasteiger partial charge in [0.25, 0.3) is 0 Å². The first-order valence-corrected chi connectivity index (χ1v) is 9.76. The summed E-state index contributed by atoms with van der Waals surface area (Å²) in [5, 5.41) is 3.75. The van der Waals surface area contributed by atoms with E-state index in [-0.39, 0.29) is 18.4 Å². The maximum absolute atomic E-state index is 12.5. The summed E-state index contributed by atoms with van der Waals surface area (Å²) in [6.07, 6.45) is 6.36. The van der Waals surface area contributed by atoms with Crippen molar-refractivity contribution in [3.05, 3.63) is 71.1 Å². The lowest BCUT2D eigenvalue weighted by Gasteiger charge is -2.28. The second-order valence-electron chi connectivity index (χ2n) is 7.00. The molecule has 3 aromatic rings. The first kappa shape index (κ1) is 18.0. The lowest BCUT2D eigenvalue weighted by molar-refractivity contribution is -0.120. The van der Waals surface area contributed by atoms with Crippen molar-refractivity contribution in [2.24, 2.45) is 0 Å². The van der Waals surface area contributed by atoms with Crippen molar-refractivity contribution < 1.29 is 4.79 Å². The van der Waals surface area contributed by atoms with Crippen molar-refractivity contribution in [1.29, 1.82) is 0 Å². The molecule has 0 radical (unpaired) electrons. The molecule has 4 rings (SSSR count). The van der Waals surface area contributed by atoms with Crippen LogP contribution < -0.4 is 5.32 Å². The van der Waals surface area contributed by atoms with E-state index in [1.807, 2.05) is 22.7 Å². The highest BCUT2D eigenvalue weighted by Crippen LogP contribution is 2.24. The van der Waals surface area contributed by atoms with Crippen molar-refractivity contribution >= 4 is 23.2 Å². The summed E-state index contributed by atoms with van der Waals surface area (Å²) in [4.78, 5) is 19.5. The SMILES string of the molecule is O=C(Cc1cn2cc(Cl)ccc2n1)NCC(c1ccccc1)N1CCCC1. The number of pyridine rings is 1. The fourth-order valence-corrected chi connectivity index (χ4v) is 3.89. The number of carbonyl (C=O) groups is 1. The Morgan fingerprint density at radius 2 is 1.89 bits per heavy atom. The van der Waals surface area contributed by atoms with Crippen LogP contribution in [-0.2, 0) is 11.2 Å². The van der Waals surface area contributed by atoms with E-state index in [2.05, 4.69) is 39.5 Å². The molecule has 1 saturated heterocycles. The summed E-state index contributed by atoms with van der Waals surface area (Å²) in [7, 11) is 0. The molecule has 5 nitrogen and oxygen atoms in total. The largest absolute Gasteiger partial charge is 0.354 e. The molecule has 27 heavy (non-hydrogen) atoms. The van der Waals surface area contributed by atoms with E-state index in [4.69, 9.17) is 11.6 Å². The first-order valence-electron chi connectivity index (χ1n) is 9.38. The molecule has 0 spiro atoms. The Labute approximate surface area is 164 Å². The molecule has 1 unspecified atom stereocenters. The molecule has 1 aliphatic rings. The minimum Gasteiger partial charge on any atom is -0.354 e. The molecule has 1 aromatic carbocycles. The minimum absolute atomic E-state index is 0.00960. The number of hydrogen-bond acceptors (Lipinski definition) is 3. The van der Waals surface area contributed by atoms with Crippen molar-refractivity contribution in [2.75, 3.05) is 19.6 Å². The van der Waals surface area contributed by atoms with E-state index >= 15 is 0 Å². The zero-order chi connectivity index (χ0) is 18.6. The minimum atomic E-state index is -0.00960. The smallest absolute Gasteiger partial charge is 0.226 e. The third kappa shape index (κ3) is 4.31. The molecule has 1 aliphatic heterocycles. The van der Waals surface area contributed by atoms with E-state index in [9.17, 15) is 4.79 Å². The van der Waals surface area contributed by atoms with Gasteiger partial charge < -0.3 is 9.72 Å². The number of carbonyl (C=O) groups excluding carboxylic acids is 1. The number of fused-ring (bicyclic) bond motifs is 1. The van der Waals surface area contributed by atoms with Crippen LogP contribution in [0.3, 0.4) is 0 Å². The monoisotopic (exact) mass is 382 g/mol. The number of likely N-dealkylation sites (tertiary alicyclic amines) is 1. The molecular weight excluding hydrogens is 360 g/mol. The molecule has 1 N–H and O–H groups in total. The average molecular weight is 383 g/mol. The summed E-state index contributed by atoms with van der Waals surface area (Å²) in [6, 6.07) is 14.3. The van der Waals surface area contributed by atoms with E-state index in [1.165, 1.54) is 18.4 Å². The van der Waals surface area contributed by atoms with Crippen LogP contribution in [0.15, 0.2) is 54.9 Å². The molecule has 2 aromatic heterocycles. The third-order valence-corrected chi connectivity index (χ3v) is 5.29. The Balaban J connectivity index is 1.41. The molecule has 0 saturated carbocycles. The Kier molecular flexibility index (Phi) is 5.41. The van der Waals surface area contributed by atoms with Gasteiger partial charge in [-0.1, -0.05) is 41.9 Å². The highest BCUT2D eigenvalue weighted by atomic mass is 35.5. The number of hydrogen-bond donors (Lipinski definition) is 1. The number of imidazole rings is 1. The Morgan fingerprint density at radius 3 is 2.67 bits per heavy atom. The van der Waals surface area contributed by atoms with E-state index < -0.39 is 0 Å². The summed E-state index contributed by atoms with van der Waals surface area (Å²) in [5.74, 6) is -0.00960. The summed E-state index contributed by atoms with van der Waals surface area (Å²) in [6.45, 7) is 2.79. The summed E-state index contributed by atoms with van der Waals surface area (Å²) < 4.78 is 1.85. The van der Waals surface area contributed by atoms with Crippen LogP contribution in [0.1, 0.15) is 30.1 Å². The van der Waals surface area contributed by atoms with E-state index in [0.717, 1.165) is 24.4 Å². The van der Waals surface area contributed by atoms with Gasteiger partial charge in [0.1, 0.15) is 5.65 Å². The molecule has 0 aliphatic carbocycles. The molecule has 140 valence electrons. The maximum Gasteiger partial charge on any atom is 0.226 e. The zero-order valence-corrected chi connectivity index (χ0v) is 15.9. The number of amides is 1. The van der Waals surface area contributed by atoms with Crippen LogP contribution >= 0.6 is 11.6 Å². The Morgan fingerprint density at radius 1 is 1.11 bits per heavy atom. The standard InChI is InChI=1S/C21H23ClN4O/c22-17-8-9-20-24-18(15-26(20)14-17)12-21(27)23-13-19(25-10-4-5-11-25)16-6-2-1-3-7-16/h1-3,6-9,14-15,19H,4-5,10-13H2,(H,23,27). The molecule has 1 amide bonds. The number of halogens is 1. The van der Waals surface area contributed by atoms with Gasteiger partial charge >= 0.3 is 0 Å². The van der Waals surface area contributed by atoms with E-state index in [0.29, 0.717) is 11.6 Å². The molecule has 3 heterocycles. The van der Waals surface area contributed by atoms with Crippen molar-refractivity contribution in [2.45, 2.75) is 25.3 Å². The Bertz CT molecular complexity index is 918. The maximum atomic E-state index is 12.5.